The molecule has 0 atom stereocenters. The predicted octanol–water partition coefficient (Wildman–Crippen LogP) is 4.79. The molecule has 0 radical (unpaired) electrons. The number of hydrogen-bond acceptors (Lipinski definition) is 1. The number of hydrogen-bond donors (Lipinski definition) is 1. The van der Waals surface area contributed by atoms with Gasteiger partial charge in [0.05, 0.1) is 0 Å². The maximum atomic E-state index is 8.59. The molecule has 0 bridgehead atoms. The van der Waals surface area contributed by atoms with Gasteiger partial charge in [0.25, 0.3) is 0 Å². The zero-order valence-corrected chi connectivity index (χ0v) is 11.3. The summed E-state index contributed by atoms with van der Waals surface area (Å²) in [7, 11) is 0. The van der Waals surface area contributed by atoms with Gasteiger partial charge in [-0.2, -0.15) is 0 Å². The number of aliphatic hydroxyl groups is 1. The van der Waals surface area contributed by atoms with Gasteiger partial charge in [0.15, 0.2) is 0 Å². The lowest BCUT2D eigenvalue weighted by Crippen LogP contribution is -1.77. The summed E-state index contributed by atoms with van der Waals surface area (Å²) < 4.78 is 0. The van der Waals surface area contributed by atoms with E-state index in [2.05, 4.69) is 43.4 Å². The Kier molecular flexibility index (Phi) is 14.4. The average molecular weight is 236 g/mol. The Hall–Kier alpha value is -0.820. The van der Waals surface area contributed by atoms with Gasteiger partial charge in [-0.1, -0.05) is 56.2 Å². The van der Waals surface area contributed by atoms with E-state index >= 15 is 0 Å². The number of unbranched alkanes of at least 4 members (excludes halogenated alkanes) is 5. The van der Waals surface area contributed by atoms with E-state index in [1.54, 1.807) is 0 Å². The average Bonchev–Trinajstić information content (AvgIpc) is 2.35. The van der Waals surface area contributed by atoms with Crippen molar-refractivity contribution in [3.63, 3.8) is 0 Å². The summed E-state index contributed by atoms with van der Waals surface area (Å²) in [6.07, 6.45) is 22.4. The van der Waals surface area contributed by atoms with Crippen molar-refractivity contribution in [1.82, 2.24) is 0 Å². The molecule has 0 aliphatic heterocycles. The first-order valence-corrected chi connectivity index (χ1v) is 6.99. The highest BCUT2D eigenvalue weighted by Crippen LogP contribution is 2.01. The Bertz CT molecular complexity index is 214. The van der Waals surface area contributed by atoms with E-state index in [0.717, 1.165) is 19.3 Å². The van der Waals surface area contributed by atoms with E-state index < -0.39 is 0 Å². The zero-order chi connectivity index (χ0) is 12.6. The standard InChI is InChI=1S/C16H28O/c1-2-3-4-5-6-7-8-9-10-11-12-13-14-15-16-17/h5-6,10-13,17H,2-4,7-9,14-16H2,1H3. The second kappa shape index (κ2) is 15.2. The summed E-state index contributed by atoms with van der Waals surface area (Å²) in [5.74, 6) is 0. The van der Waals surface area contributed by atoms with Crippen molar-refractivity contribution in [2.75, 3.05) is 6.61 Å². The Balaban J connectivity index is 3.24. The predicted molar refractivity (Wildman–Crippen MR) is 77.1 cm³/mol. The molecule has 0 aliphatic carbocycles. The molecule has 0 saturated carbocycles. The molecule has 1 N–H and O–H groups in total. The van der Waals surface area contributed by atoms with Crippen LogP contribution in [0.25, 0.3) is 0 Å². The molecule has 98 valence electrons. The molecule has 0 amide bonds. The minimum atomic E-state index is 0.290. The molecular formula is C16H28O. The molecule has 0 unspecified atom stereocenters. The van der Waals surface area contributed by atoms with Gasteiger partial charge in [-0.15, -0.1) is 0 Å². The van der Waals surface area contributed by atoms with Gasteiger partial charge in [0, 0.05) is 6.61 Å². The van der Waals surface area contributed by atoms with Gasteiger partial charge in [-0.25, -0.2) is 0 Å². The maximum absolute atomic E-state index is 8.59. The third kappa shape index (κ3) is 15.2. The highest BCUT2D eigenvalue weighted by atomic mass is 16.2. The van der Waals surface area contributed by atoms with Gasteiger partial charge in [0.1, 0.15) is 0 Å². The Morgan fingerprint density at radius 2 is 1.24 bits per heavy atom. The molecule has 0 fully saturated rings. The molecule has 1 heteroatoms. The van der Waals surface area contributed by atoms with Crippen LogP contribution in [0.1, 0.15) is 58.3 Å². The molecule has 0 aliphatic rings. The molecule has 0 spiro atoms. The SMILES string of the molecule is CCCCC=CCCCC=CC=CCCCO. The lowest BCUT2D eigenvalue weighted by Gasteiger charge is -1.91. The molecule has 0 aromatic carbocycles. The first-order chi connectivity index (χ1) is 8.41. The fourth-order valence-corrected chi connectivity index (χ4v) is 1.47. The van der Waals surface area contributed by atoms with Crippen molar-refractivity contribution in [2.45, 2.75) is 58.3 Å². The largest absolute Gasteiger partial charge is 0.396 e. The normalized spacial score (nSPS) is 12.4. The summed E-state index contributed by atoms with van der Waals surface area (Å²) in [5.41, 5.74) is 0. The molecule has 1 nitrogen and oxygen atoms in total. The van der Waals surface area contributed by atoms with Crippen molar-refractivity contribution in [3.05, 3.63) is 36.5 Å². The Labute approximate surface area is 107 Å². The first kappa shape index (κ1) is 16.2. The van der Waals surface area contributed by atoms with Crippen molar-refractivity contribution < 1.29 is 5.11 Å². The first-order valence-electron chi connectivity index (χ1n) is 6.99. The summed E-state index contributed by atoms with van der Waals surface area (Å²) in [5, 5.41) is 8.59. The van der Waals surface area contributed by atoms with Crippen molar-refractivity contribution >= 4 is 0 Å². The molecule has 17 heavy (non-hydrogen) atoms. The smallest absolute Gasteiger partial charge is 0.0433 e. The lowest BCUT2D eigenvalue weighted by atomic mass is 10.2. The quantitative estimate of drug-likeness (QED) is 0.311. The van der Waals surface area contributed by atoms with Crippen LogP contribution in [0.4, 0.5) is 0 Å². The fraction of sp³-hybridized carbons (Fsp3) is 0.625. The van der Waals surface area contributed by atoms with E-state index in [1.165, 1.54) is 32.1 Å². The molecule has 0 rings (SSSR count). The van der Waals surface area contributed by atoms with Gasteiger partial charge >= 0.3 is 0 Å². The van der Waals surface area contributed by atoms with E-state index in [4.69, 9.17) is 5.11 Å². The second-order valence-corrected chi connectivity index (χ2v) is 4.27. The van der Waals surface area contributed by atoms with Gasteiger partial charge in [-0.3, -0.25) is 0 Å². The van der Waals surface area contributed by atoms with E-state index in [-0.39, 0.29) is 0 Å². The lowest BCUT2D eigenvalue weighted by molar-refractivity contribution is 0.289. The minimum absolute atomic E-state index is 0.290. The van der Waals surface area contributed by atoms with Crippen molar-refractivity contribution in [2.24, 2.45) is 0 Å². The Morgan fingerprint density at radius 1 is 0.706 bits per heavy atom. The second-order valence-electron chi connectivity index (χ2n) is 4.27. The van der Waals surface area contributed by atoms with Crippen LogP contribution >= 0.6 is 0 Å². The third-order valence-electron chi connectivity index (χ3n) is 2.54. The highest BCUT2D eigenvalue weighted by molar-refractivity contribution is 5.02. The molecule has 0 aromatic heterocycles. The van der Waals surface area contributed by atoms with Crippen LogP contribution in [-0.4, -0.2) is 11.7 Å². The van der Waals surface area contributed by atoms with Crippen LogP contribution in [0.2, 0.25) is 0 Å². The van der Waals surface area contributed by atoms with Gasteiger partial charge < -0.3 is 5.11 Å². The van der Waals surface area contributed by atoms with E-state index in [0.29, 0.717) is 6.61 Å². The van der Waals surface area contributed by atoms with Gasteiger partial charge in [0.2, 0.25) is 0 Å². The molecule has 0 aromatic rings. The van der Waals surface area contributed by atoms with E-state index in [1.807, 2.05) is 0 Å². The topological polar surface area (TPSA) is 20.2 Å². The molecule has 0 saturated heterocycles. The van der Waals surface area contributed by atoms with Crippen LogP contribution in [-0.2, 0) is 0 Å². The van der Waals surface area contributed by atoms with Crippen molar-refractivity contribution in [3.8, 4) is 0 Å². The van der Waals surface area contributed by atoms with Crippen molar-refractivity contribution in [1.29, 1.82) is 0 Å². The van der Waals surface area contributed by atoms with Crippen LogP contribution in [0.5, 0.6) is 0 Å². The maximum Gasteiger partial charge on any atom is 0.0433 e. The fourth-order valence-electron chi connectivity index (χ4n) is 1.47. The van der Waals surface area contributed by atoms with Gasteiger partial charge in [-0.05, 0) is 38.5 Å². The van der Waals surface area contributed by atoms with E-state index in [9.17, 15) is 0 Å². The summed E-state index contributed by atoms with van der Waals surface area (Å²) in [6, 6.07) is 0. The summed E-state index contributed by atoms with van der Waals surface area (Å²) in [6.45, 7) is 2.52. The zero-order valence-electron chi connectivity index (χ0n) is 11.3. The summed E-state index contributed by atoms with van der Waals surface area (Å²) in [4.78, 5) is 0. The third-order valence-corrected chi connectivity index (χ3v) is 2.54. The number of rotatable bonds is 11. The molecule has 0 heterocycles. The minimum Gasteiger partial charge on any atom is -0.396 e. The monoisotopic (exact) mass is 236 g/mol. The highest BCUT2D eigenvalue weighted by Gasteiger charge is 1.81. The van der Waals surface area contributed by atoms with Crippen LogP contribution in [0.15, 0.2) is 36.5 Å². The number of allylic oxidation sites excluding steroid dienone is 6. The van der Waals surface area contributed by atoms with Crippen LogP contribution < -0.4 is 0 Å². The Morgan fingerprint density at radius 3 is 1.82 bits per heavy atom. The molecular weight excluding hydrogens is 208 g/mol. The van der Waals surface area contributed by atoms with Crippen LogP contribution in [0, 0.1) is 0 Å². The number of aliphatic hydroxyl groups excluding tert-OH is 1. The van der Waals surface area contributed by atoms with Crippen LogP contribution in [0.3, 0.4) is 0 Å². The summed E-state index contributed by atoms with van der Waals surface area (Å²) >= 11 is 0.